The minimum absolute atomic E-state index is 0.0198. The summed E-state index contributed by atoms with van der Waals surface area (Å²) in [7, 11) is -2.83. The van der Waals surface area contributed by atoms with Gasteiger partial charge in [0.05, 0.1) is 35.8 Å². The third kappa shape index (κ3) is 10.2. The lowest BCUT2D eigenvalue weighted by molar-refractivity contribution is -0.143. The van der Waals surface area contributed by atoms with Gasteiger partial charge in [0, 0.05) is 62.7 Å². The maximum atomic E-state index is 13.4. The number of aliphatic imine (C=N–C) groups is 1. The number of carbonyl (C=O) groups is 2. The first-order valence-electron chi connectivity index (χ1n) is 16.0. The van der Waals surface area contributed by atoms with Crippen LogP contribution in [-0.4, -0.2) is 86.9 Å². The van der Waals surface area contributed by atoms with Gasteiger partial charge in [0.15, 0.2) is 5.13 Å². The van der Waals surface area contributed by atoms with Crippen molar-refractivity contribution in [2.75, 3.05) is 54.8 Å². The number of rotatable bonds is 16. The van der Waals surface area contributed by atoms with Gasteiger partial charge in [-0.15, -0.1) is 22.7 Å². The fourth-order valence-electron chi connectivity index (χ4n) is 5.27. The fourth-order valence-corrected chi connectivity index (χ4v) is 8.08. The van der Waals surface area contributed by atoms with Crippen LogP contribution in [-0.2, 0) is 32.6 Å². The topological polar surface area (TPSA) is 184 Å². The number of thiazole rings is 1. The molecule has 0 unspecified atom stereocenters. The van der Waals surface area contributed by atoms with Gasteiger partial charge in [-0.2, -0.15) is 0 Å². The van der Waals surface area contributed by atoms with Crippen LogP contribution in [0.15, 0.2) is 75.5 Å². The number of nitrogens with two attached hydrogens (primary N) is 1. The summed E-state index contributed by atoms with van der Waals surface area (Å²) in [6.45, 7) is 7.01. The number of nitrogens with one attached hydrogen (secondary N) is 3. The average molecular weight is 740 g/mol. The second kappa shape index (κ2) is 17.4. The average Bonchev–Trinajstić information content (AvgIpc) is 3.79. The number of nitrogens with zero attached hydrogens (tertiary/aromatic N) is 5. The van der Waals surface area contributed by atoms with Gasteiger partial charge >= 0.3 is 5.97 Å². The monoisotopic (exact) mass is 739 g/mol. The first kappa shape index (κ1) is 36.7. The number of hydrogen-bond acceptors (Lipinski definition) is 13. The van der Waals surface area contributed by atoms with Crippen LogP contribution in [0.5, 0.6) is 0 Å². The van der Waals surface area contributed by atoms with Crippen LogP contribution in [0.1, 0.15) is 40.7 Å². The molecule has 1 aliphatic heterocycles. The molecule has 50 heavy (non-hydrogen) atoms. The summed E-state index contributed by atoms with van der Waals surface area (Å²) in [6, 6.07) is 11.1. The number of thiophene rings is 1. The number of pyridine rings is 1. The molecule has 4 heterocycles. The number of amides is 1. The van der Waals surface area contributed by atoms with Crippen molar-refractivity contribution in [1.29, 1.82) is 0 Å². The maximum absolute atomic E-state index is 13.4. The van der Waals surface area contributed by atoms with Crippen molar-refractivity contribution in [2.24, 2.45) is 10.7 Å². The molecule has 266 valence electrons. The first-order chi connectivity index (χ1) is 24.1. The molecule has 1 aromatic carbocycles. The lowest BCUT2D eigenvalue weighted by Crippen LogP contribution is -2.45. The zero-order valence-corrected chi connectivity index (χ0v) is 30.3. The molecule has 1 atom stereocenters. The third-order valence-electron chi connectivity index (χ3n) is 7.85. The number of methoxy groups -OCH3 is 1. The van der Waals surface area contributed by atoms with Crippen LogP contribution in [0.25, 0.3) is 0 Å². The van der Waals surface area contributed by atoms with Crippen molar-refractivity contribution in [3.05, 3.63) is 81.8 Å². The molecule has 0 aliphatic carbocycles. The number of piperazine rings is 1. The van der Waals surface area contributed by atoms with Crippen LogP contribution in [0.2, 0.25) is 0 Å². The molecule has 5 rings (SSSR count). The molecule has 5 N–H and O–H groups in total. The van der Waals surface area contributed by atoms with Gasteiger partial charge in [-0.1, -0.05) is 12.1 Å². The molecule has 14 nitrogen and oxygen atoms in total. The largest absolute Gasteiger partial charge is 0.467 e. The van der Waals surface area contributed by atoms with E-state index in [1.807, 2.05) is 17.6 Å². The second-order valence-corrected chi connectivity index (χ2v) is 15.0. The molecular formula is C33H41N9O5S3. The highest BCUT2D eigenvalue weighted by Gasteiger charge is 2.26. The molecule has 1 amide bonds. The van der Waals surface area contributed by atoms with Gasteiger partial charge in [-0.05, 0) is 61.0 Å². The second-order valence-electron chi connectivity index (χ2n) is 11.6. The molecule has 1 fully saturated rings. The number of carbonyl (C=O) groups excluding carboxylic acids is 2. The maximum Gasteiger partial charge on any atom is 0.328 e. The van der Waals surface area contributed by atoms with E-state index >= 15 is 0 Å². The summed E-state index contributed by atoms with van der Waals surface area (Å²) in [5.74, 6) is -0.789. The summed E-state index contributed by atoms with van der Waals surface area (Å²) in [5.41, 5.74) is 8.33. The van der Waals surface area contributed by atoms with E-state index in [-0.39, 0.29) is 21.9 Å². The van der Waals surface area contributed by atoms with Crippen LogP contribution < -0.4 is 26.0 Å². The Morgan fingerprint density at radius 3 is 2.68 bits per heavy atom. The van der Waals surface area contributed by atoms with Crippen LogP contribution in [0.3, 0.4) is 0 Å². The highest BCUT2D eigenvalue weighted by Crippen LogP contribution is 2.27. The molecule has 0 bridgehead atoms. The number of ether oxygens (including phenoxy) is 1. The van der Waals surface area contributed by atoms with Gasteiger partial charge in [0.1, 0.15) is 10.9 Å². The Morgan fingerprint density at radius 1 is 1.12 bits per heavy atom. The highest BCUT2D eigenvalue weighted by atomic mass is 32.2. The van der Waals surface area contributed by atoms with Crippen molar-refractivity contribution in [1.82, 2.24) is 20.2 Å². The normalized spacial score (nSPS) is 14.6. The summed E-state index contributed by atoms with van der Waals surface area (Å²) >= 11 is 2.65. The summed E-state index contributed by atoms with van der Waals surface area (Å²) in [6.07, 6.45) is 4.45. The smallest absolute Gasteiger partial charge is 0.328 e. The Labute approximate surface area is 299 Å². The van der Waals surface area contributed by atoms with Gasteiger partial charge in [0.25, 0.3) is 15.9 Å². The highest BCUT2D eigenvalue weighted by molar-refractivity contribution is 7.92. The zero-order chi connectivity index (χ0) is 35.5. The van der Waals surface area contributed by atoms with E-state index < -0.39 is 27.9 Å². The number of benzene rings is 1. The van der Waals surface area contributed by atoms with Crippen LogP contribution in [0.4, 0.5) is 16.5 Å². The first-order valence-corrected chi connectivity index (χ1v) is 19.3. The van der Waals surface area contributed by atoms with Gasteiger partial charge < -0.3 is 26.0 Å². The lowest BCUT2D eigenvalue weighted by Gasteiger charge is -2.34. The Morgan fingerprint density at radius 2 is 1.94 bits per heavy atom. The van der Waals surface area contributed by atoms with Crippen molar-refractivity contribution in [3.8, 4) is 0 Å². The van der Waals surface area contributed by atoms with E-state index in [9.17, 15) is 18.0 Å². The van der Waals surface area contributed by atoms with Crippen LogP contribution >= 0.6 is 22.7 Å². The number of amidine groups is 1. The standard InChI is InChI=1S/C33H41N9O5S3/c1-23(34)36-12-5-9-29(32(44)47-2)39-31(43)30-28(10-17-48-30)40-50(45,46)27-8-3-7-25(18-27)37-20-26-22-49-33(38-26)42-15-13-41(14-16-42)21-24-6-4-11-35-19-24/h3-4,6-8,10-11,17-19,22,29,37,40H,5,9,12-16,20-21H2,1-2H3,(H2,34,36)(H,39,43)/t29-/m0/s1. The van der Waals surface area contributed by atoms with E-state index in [1.165, 1.54) is 30.9 Å². The Kier molecular flexibility index (Phi) is 12.8. The van der Waals surface area contributed by atoms with E-state index in [2.05, 4.69) is 41.2 Å². The van der Waals surface area contributed by atoms with E-state index in [1.54, 1.807) is 42.0 Å². The molecule has 1 aliphatic rings. The van der Waals surface area contributed by atoms with Crippen LogP contribution in [0, 0.1) is 0 Å². The molecule has 0 saturated carbocycles. The molecule has 17 heteroatoms. The Bertz CT molecular complexity index is 1870. The lowest BCUT2D eigenvalue weighted by atomic mass is 10.1. The van der Waals surface area contributed by atoms with Crippen molar-refractivity contribution in [2.45, 2.75) is 43.8 Å². The number of anilines is 3. The Hall–Kier alpha value is -4.58. The van der Waals surface area contributed by atoms with Gasteiger partial charge in [-0.25, -0.2) is 18.2 Å². The van der Waals surface area contributed by atoms with Crippen molar-refractivity contribution in [3.63, 3.8) is 0 Å². The van der Waals surface area contributed by atoms with Crippen molar-refractivity contribution >= 4 is 66.9 Å². The predicted octanol–water partition coefficient (Wildman–Crippen LogP) is 3.76. The fraction of sp³-hybridized carbons (Fsp3) is 0.364. The number of sulfonamides is 1. The molecule has 3 aromatic heterocycles. The van der Waals surface area contributed by atoms with E-state index in [4.69, 9.17) is 15.5 Å². The number of esters is 1. The summed E-state index contributed by atoms with van der Waals surface area (Å²) in [5, 5.41) is 10.5. The molecule has 1 saturated heterocycles. The molecule has 0 radical (unpaired) electrons. The minimum Gasteiger partial charge on any atom is -0.467 e. The van der Waals surface area contributed by atoms with E-state index in [0.29, 0.717) is 31.0 Å². The van der Waals surface area contributed by atoms with Gasteiger partial charge in [0.2, 0.25) is 0 Å². The summed E-state index contributed by atoms with van der Waals surface area (Å²) in [4.78, 5) is 43.5. The van der Waals surface area contributed by atoms with Crippen molar-refractivity contribution < 1.29 is 22.7 Å². The minimum atomic E-state index is -4.06. The SMILES string of the molecule is COC(=O)[C@H](CCCN=C(C)N)NC(=O)c1sccc1NS(=O)(=O)c1cccc(NCc2csc(N3CCN(Cc4cccnc4)CC3)n2)c1. The molecular weight excluding hydrogens is 699 g/mol. The van der Waals surface area contributed by atoms with E-state index in [0.717, 1.165) is 54.9 Å². The quantitative estimate of drug-likeness (QED) is 0.0568. The molecule has 0 spiro atoms. The number of aromatic nitrogens is 2. The zero-order valence-electron chi connectivity index (χ0n) is 27.9. The predicted molar refractivity (Wildman–Crippen MR) is 197 cm³/mol. The molecule has 4 aromatic rings. The number of hydrogen-bond donors (Lipinski definition) is 4. The third-order valence-corrected chi connectivity index (χ3v) is 11.1. The Balaban J connectivity index is 1.15. The van der Waals surface area contributed by atoms with Gasteiger partial charge in [-0.3, -0.25) is 24.4 Å². The summed E-state index contributed by atoms with van der Waals surface area (Å²) < 4.78 is 34.2.